The summed E-state index contributed by atoms with van der Waals surface area (Å²) in [5.74, 6) is 1.72. The van der Waals surface area contributed by atoms with Crippen LogP contribution in [0.3, 0.4) is 0 Å². The van der Waals surface area contributed by atoms with Gasteiger partial charge in [-0.05, 0) is 43.5 Å². The van der Waals surface area contributed by atoms with Gasteiger partial charge in [0.05, 0.1) is 29.1 Å². The number of fused-ring (bicyclic) bond motifs is 1. The molecule has 164 valence electrons. The molecule has 1 aliphatic rings. The monoisotopic (exact) mass is 442 g/mol. The van der Waals surface area contributed by atoms with Gasteiger partial charge in [0.15, 0.2) is 15.6 Å². The number of carbonyl (C=O) groups excluding carboxylic acids is 1. The lowest BCUT2D eigenvalue weighted by atomic mass is 10.1. The summed E-state index contributed by atoms with van der Waals surface area (Å²) in [6.45, 7) is 1.84. The number of benzene rings is 2. The number of sulfone groups is 1. The lowest BCUT2D eigenvalue weighted by Gasteiger charge is -2.17. The number of rotatable bonds is 8. The largest absolute Gasteiger partial charge is 0.491 e. The van der Waals surface area contributed by atoms with E-state index in [0.29, 0.717) is 24.2 Å². The van der Waals surface area contributed by atoms with Gasteiger partial charge in [-0.1, -0.05) is 24.3 Å². The van der Waals surface area contributed by atoms with Crippen LogP contribution >= 0.6 is 0 Å². The summed E-state index contributed by atoms with van der Waals surface area (Å²) in [6, 6.07) is 14.6. The quantitative estimate of drug-likeness (QED) is 0.539. The Bertz CT molecular complexity index is 1200. The molecule has 3 aromatic rings. The number of ketones is 1. The zero-order chi connectivity index (χ0) is 22.0. The molecular formula is C23H26N2O5S. The number of imidazole rings is 1. The number of aliphatic hydroxyl groups is 1. The number of hydrogen-bond donors (Lipinski definition) is 1. The second-order valence-corrected chi connectivity index (χ2v) is 10.4. The highest BCUT2D eigenvalue weighted by molar-refractivity contribution is 7.91. The van der Waals surface area contributed by atoms with Crippen molar-refractivity contribution < 1.29 is 23.1 Å². The standard InChI is InChI=1S/C23H26N2O5S/c1-16(26)18-5-4-6-20(12-18)30-14-19(27)13-25-22-8-3-2-7-21(22)24-23(25)11-17-9-10-31(28,29)15-17/h2-8,12,17,19,27H,9-11,13-15H2,1H3/t17-,19+/m1/s1. The topological polar surface area (TPSA) is 98.5 Å². The van der Waals surface area contributed by atoms with Crippen molar-refractivity contribution in [3.05, 3.63) is 59.9 Å². The van der Waals surface area contributed by atoms with Crippen LogP contribution in [0.5, 0.6) is 5.75 Å². The number of Topliss-reactive ketones (excluding diaryl/α,β-unsaturated/α-hetero) is 1. The molecule has 0 spiro atoms. The molecule has 1 saturated heterocycles. The van der Waals surface area contributed by atoms with Crippen molar-refractivity contribution in [2.75, 3.05) is 18.1 Å². The maximum atomic E-state index is 11.8. The van der Waals surface area contributed by atoms with Gasteiger partial charge in [0, 0.05) is 12.0 Å². The first-order valence-electron chi connectivity index (χ1n) is 10.4. The Morgan fingerprint density at radius 2 is 2.06 bits per heavy atom. The molecule has 1 aliphatic heterocycles. The normalized spacial score (nSPS) is 18.8. The first-order chi connectivity index (χ1) is 14.8. The lowest BCUT2D eigenvalue weighted by Crippen LogP contribution is -2.25. The van der Waals surface area contributed by atoms with Gasteiger partial charge in [0.1, 0.15) is 24.3 Å². The molecular weight excluding hydrogens is 416 g/mol. The molecule has 1 fully saturated rings. The minimum absolute atomic E-state index is 0.0447. The van der Waals surface area contributed by atoms with E-state index in [9.17, 15) is 18.3 Å². The molecule has 31 heavy (non-hydrogen) atoms. The Labute approximate surface area is 181 Å². The number of para-hydroxylation sites is 2. The van der Waals surface area contributed by atoms with Gasteiger partial charge in [-0.25, -0.2) is 13.4 Å². The Hall–Kier alpha value is -2.71. The highest BCUT2D eigenvalue weighted by Crippen LogP contribution is 2.25. The van der Waals surface area contributed by atoms with Crippen LogP contribution in [0.2, 0.25) is 0 Å². The molecule has 0 unspecified atom stereocenters. The average molecular weight is 443 g/mol. The molecule has 0 amide bonds. The molecule has 0 saturated carbocycles. The van der Waals surface area contributed by atoms with Gasteiger partial charge in [-0.3, -0.25) is 4.79 Å². The van der Waals surface area contributed by atoms with Crippen LogP contribution in [0, 0.1) is 5.92 Å². The van der Waals surface area contributed by atoms with Gasteiger partial charge < -0.3 is 14.4 Å². The number of aromatic nitrogens is 2. The van der Waals surface area contributed by atoms with Gasteiger partial charge in [-0.15, -0.1) is 0 Å². The Kier molecular flexibility index (Phi) is 6.11. The summed E-state index contributed by atoms with van der Waals surface area (Å²) in [5.41, 5.74) is 2.28. The summed E-state index contributed by atoms with van der Waals surface area (Å²) in [4.78, 5) is 16.2. The fourth-order valence-electron chi connectivity index (χ4n) is 4.04. The zero-order valence-electron chi connectivity index (χ0n) is 17.4. The second kappa shape index (κ2) is 8.80. The number of aliphatic hydroxyl groups excluding tert-OH is 1. The average Bonchev–Trinajstić information content (AvgIpc) is 3.26. The maximum absolute atomic E-state index is 11.8. The van der Waals surface area contributed by atoms with Crippen LogP contribution in [-0.4, -0.2) is 53.1 Å². The van der Waals surface area contributed by atoms with Crippen molar-refractivity contribution in [1.29, 1.82) is 0 Å². The Balaban J connectivity index is 1.49. The van der Waals surface area contributed by atoms with Crippen molar-refractivity contribution in [1.82, 2.24) is 9.55 Å². The Morgan fingerprint density at radius 1 is 1.26 bits per heavy atom. The smallest absolute Gasteiger partial charge is 0.159 e. The van der Waals surface area contributed by atoms with Gasteiger partial charge >= 0.3 is 0 Å². The van der Waals surface area contributed by atoms with E-state index in [4.69, 9.17) is 9.72 Å². The van der Waals surface area contributed by atoms with E-state index >= 15 is 0 Å². The number of carbonyl (C=O) groups is 1. The molecule has 0 radical (unpaired) electrons. The molecule has 1 N–H and O–H groups in total. The molecule has 4 rings (SSSR count). The minimum atomic E-state index is -2.96. The molecule has 7 nitrogen and oxygen atoms in total. The summed E-state index contributed by atoms with van der Waals surface area (Å²) >= 11 is 0. The highest BCUT2D eigenvalue weighted by Gasteiger charge is 2.29. The molecule has 2 heterocycles. The SMILES string of the molecule is CC(=O)c1cccc(OC[C@@H](O)Cn2c(C[C@H]3CCS(=O)(=O)C3)nc3ccccc32)c1. The van der Waals surface area contributed by atoms with E-state index in [1.54, 1.807) is 24.3 Å². The lowest BCUT2D eigenvalue weighted by molar-refractivity contribution is 0.0924. The van der Waals surface area contributed by atoms with Crippen molar-refractivity contribution in [3.8, 4) is 5.75 Å². The van der Waals surface area contributed by atoms with Crippen molar-refractivity contribution in [2.45, 2.75) is 32.4 Å². The summed E-state index contributed by atoms with van der Waals surface area (Å²) in [6.07, 6.45) is 0.399. The third kappa shape index (κ3) is 5.14. The van der Waals surface area contributed by atoms with Crippen molar-refractivity contribution >= 4 is 26.7 Å². The van der Waals surface area contributed by atoms with Crippen LogP contribution in [0.25, 0.3) is 11.0 Å². The third-order valence-electron chi connectivity index (χ3n) is 5.61. The van der Waals surface area contributed by atoms with Crippen LogP contribution in [0.15, 0.2) is 48.5 Å². The van der Waals surface area contributed by atoms with Crippen molar-refractivity contribution in [3.63, 3.8) is 0 Å². The first-order valence-corrected chi connectivity index (χ1v) is 12.2. The summed E-state index contributed by atoms with van der Waals surface area (Å²) < 4.78 is 31.4. The van der Waals surface area contributed by atoms with Crippen LogP contribution in [0.4, 0.5) is 0 Å². The maximum Gasteiger partial charge on any atom is 0.159 e. The molecule has 2 aromatic carbocycles. The van der Waals surface area contributed by atoms with Gasteiger partial charge in [-0.2, -0.15) is 0 Å². The van der Waals surface area contributed by atoms with E-state index < -0.39 is 15.9 Å². The second-order valence-electron chi connectivity index (χ2n) is 8.15. The third-order valence-corrected chi connectivity index (χ3v) is 7.44. The van der Waals surface area contributed by atoms with Gasteiger partial charge in [0.2, 0.25) is 0 Å². The first kappa shape index (κ1) is 21.5. The number of ether oxygens (including phenoxy) is 1. The molecule has 2 atom stereocenters. The predicted octanol–water partition coefficient (Wildman–Crippen LogP) is 2.66. The Morgan fingerprint density at radius 3 is 2.81 bits per heavy atom. The van der Waals surface area contributed by atoms with Crippen LogP contribution in [0.1, 0.15) is 29.5 Å². The molecule has 0 bridgehead atoms. The fraction of sp³-hybridized carbons (Fsp3) is 0.391. The van der Waals surface area contributed by atoms with E-state index in [2.05, 4.69) is 0 Å². The molecule has 1 aromatic heterocycles. The van der Waals surface area contributed by atoms with Crippen LogP contribution in [-0.2, 0) is 22.8 Å². The number of nitrogens with zero attached hydrogens (tertiary/aromatic N) is 2. The molecule has 0 aliphatic carbocycles. The van der Waals surface area contributed by atoms with Gasteiger partial charge in [0.25, 0.3) is 0 Å². The summed E-state index contributed by atoms with van der Waals surface area (Å²) in [7, 11) is -2.96. The van der Waals surface area contributed by atoms with Crippen LogP contribution < -0.4 is 4.74 Å². The molecule has 8 heteroatoms. The predicted molar refractivity (Wildman–Crippen MR) is 118 cm³/mol. The minimum Gasteiger partial charge on any atom is -0.491 e. The van der Waals surface area contributed by atoms with Crippen molar-refractivity contribution in [2.24, 2.45) is 5.92 Å². The van der Waals surface area contributed by atoms with E-state index in [0.717, 1.165) is 16.9 Å². The van der Waals surface area contributed by atoms with E-state index in [-0.39, 0.29) is 36.4 Å². The fourth-order valence-corrected chi connectivity index (χ4v) is 5.90. The zero-order valence-corrected chi connectivity index (χ0v) is 18.2. The van der Waals surface area contributed by atoms with E-state index in [1.165, 1.54) is 6.92 Å². The van der Waals surface area contributed by atoms with E-state index in [1.807, 2.05) is 28.8 Å². The number of hydrogen-bond acceptors (Lipinski definition) is 6. The highest BCUT2D eigenvalue weighted by atomic mass is 32.2. The summed E-state index contributed by atoms with van der Waals surface area (Å²) in [5, 5.41) is 10.7.